The van der Waals surface area contributed by atoms with Crippen LogP contribution in [0.4, 0.5) is 0 Å². The van der Waals surface area contributed by atoms with Gasteiger partial charge < -0.3 is 65.1 Å². The van der Waals surface area contributed by atoms with E-state index in [2.05, 4.69) is 31.3 Å². The van der Waals surface area contributed by atoms with E-state index in [4.69, 9.17) is 18.9 Å². The van der Waals surface area contributed by atoms with Crippen LogP contribution in [0.3, 0.4) is 0 Å². The van der Waals surface area contributed by atoms with Gasteiger partial charge in [0.15, 0.2) is 12.6 Å². The highest BCUT2D eigenvalue weighted by Gasteiger charge is 2.51. The lowest BCUT2D eigenvalue weighted by atomic mass is 9.97. The molecule has 81 heavy (non-hydrogen) atoms. The van der Waals surface area contributed by atoms with Crippen molar-refractivity contribution in [2.45, 2.75) is 389 Å². The molecule has 2 fully saturated rings. The summed E-state index contributed by atoms with van der Waals surface area (Å²) >= 11 is 0. The van der Waals surface area contributed by atoms with E-state index in [1.165, 1.54) is 238 Å². The molecule has 2 aliphatic heterocycles. The van der Waals surface area contributed by atoms with Gasteiger partial charge in [0.25, 0.3) is 0 Å². The van der Waals surface area contributed by atoms with Crippen molar-refractivity contribution in [1.82, 2.24) is 5.32 Å². The number of carbonyl (C=O) groups is 1. The average Bonchev–Trinajstić information content (AvgIpc) is 3.62. The van der Waals surface area contributed by atoms with Crippen molar-refractivity contribution >= 4 is 5.91 Å². The fourth-order valence-corrected chi connectivity index (χ4v) is 11.7. The van der Waals surface area contributed by atoms with Gasteiger partial charge >= 0.3 is 0 Å². The van der Waals surface area contributed by atoms with Crippen LogP contribution in [0.25, 0.3) is 0 Å². The molecule has 14 heteroatoms. The molecule has 0 aromatic heterocycles. The SMILES string of the molecule is CCCCCCCCCC/C=C\CCCCCCCCCCCCCCCCCC(=O)NC(COC1OC(CO)C(OC2OC(CO)C(O)C(O)C2O)C(O)C1O)C(O)CCCCCCCCCCCCCCCCCCCCCC. The number of hydrogen-bond acceptors (Lipinski definition) is 13. The van der Waals surface area contributed by atoms with Crippen molar-refractivity contribution in [3.05, 3.63) is 12.2 Å². The van der Waals surface area contributed by atoms with Gasteiger partial charge in [-0.15, -0.1) is 0 Å². The molecule has 14 nitrogen and oxygen atoms in total. The summed E-state index contributed by atoms with van der Waals surface area (Å²) in [5.41, 5.74) is 0. The minimum Gasteiger partial charge on any atom is -0.394 e. The number of rotatable bonds is 57. The molecule has 2 saturated heterocycles. The second-order valence-electron chi connectivity index (χ2n) is 24.7. The van der Waals surface area contributed by atoms with E-state index in [0.717, 1.165) is 51.4 Å². The summed E-state index contributed by atoms with van der Waals surface area (Å²) in [4.78, 5) is 13.3. The van der Waals surface area contributed by atoms with Crippen LogP contribution in [0.1, 0.15) is 316 Å². The minimum atomic E-state index is -1.78. The van der Waals surface area contributed by atoms with Crippen molar-refractivity contribution in [2.75, 3.05) is 19.8 Å². The Morgan fingerprint density at radius 3 is 1.17 bits per heavy atom. The normalized spacial score (nSPS) is 24.1. The lowest BCUT2D eigenvalue weighted by molar-refractivity contribution is -0.359. The second kappa shape index (κ2) is 53.0. The minimum absolute atomic E-state index is 0.200. The molecule has 0 aromatic rings. The molecule has 2 aliphatic rings. The molecule has 480 valence electrons. The molecule has 2 heterocycles. The summed E-state index contributed by atoms with van der Waals surface area (Å²) in [7, 11) is 0. The Labute approximate surface area is 495 Å². The third-order valence-electron chi connectivity index (χ3n) is 17.2. The molecule has 0 aromatic carbocycles. The van der Waals surface area contributed by atoms with Gasteiger partial charge in [-0.05, 0) is 38.5 Å². The van der Waals surface area contributed by atoms with E-state index >= 15 is 0 Å². The second-order valence-corrected chi connectivity index (χ2v) is 24.7. The fourth-order valence-electron chi connectivity index (χ4n) is 11.7. The third-order valence-corrected chi connectivity index (χ3v) is 17.2. The van der Waals surface area contributed by atoms with Gasteiger partial charge in [-0.25, -0.2) is 0 Å². The van der Waals surface area contributed by atoms with Crippen molar-refractivity contribution in [3.8, 4) is 0 Å². The van der Waals surface area contributed by atoms with Gasteiger partial charge in [-0.3, -0.25) is 4.79 Å². The van der Waals surface area contributed by atoms with Crippen molar-refractivity contribution < 1.29 is 64.6 Å². The average molecular weight is 1160 g/mol. The van der Waals surface area contributed by atoms with Gasteiger partial charge in [-0.2, -0.15) is 0 Å². The van der Waals surface area contributed by atoms with Gasteiger partial charge in [0.2, 0.25) is 5.91 Å². The zero-order valence-corrected chi connectivity index (χ0v) is 52.1. The standard InChI is InChI=1S/C67H129NO13/c1-3-5-7-9-11-13-15-17-19-21-23-25-26-27-28-29-30-31-33-35-37-39-41-43-45-47-49-51-59(72)68-55(56(71)50-48-46-44-42-40-38-36-34-32-24-22-20-18-16-14-12-10-8-6-4-2)54-78-66-64(77)62(75)65(58(53-70)80-66)81-67-63(76)61(74)60(73)57(52-69)79-67/h21,23,55-58,60-67,69-71,73-77H,3-20,22,24-54H2,1-2H3,(H,68,72)/b23-21-. The van der Waals surface area contributed by atoms with Crippen LogP contribution in [0.2, 0.25) is 0 Å². The van der Waals surface area contributed by atoms with E-state index < -0.39 is 86.8 Å². The van der Waals surface area contributed by atoms with E-state index in [0.29, 0.717) is 12.8 Å². The summed E-state index contributed by atoms with van der Waals surface area (Å²) in [6, 6.07) is -0.826. The number of nitrogens with one attached hydrogen (secondary N) is 1. The predicted octanol–water partition coefficient (Wildman–Crippen LogP) is 13.4. The van der Waals surface area contributed by atoms with Crippen molar-refractivity contribution in [3.63, 3.8) is 0 Å². The number of unbranched alkanes of at least 4 members (excludes halogenated alkanes) is 42. The Morgan fingerprint density at radius 1 is 0.432 bits per heavy atom. The van der Waals surface area contributed by atoms with Crippen LogP contribution in [0.15, 0.2) is 12.2 Å². The van der Waals surface area contributed by atoms with Gasteiger partial charge in [0, 0.05) is 6.42 Å². The number of carbonyl (C=O) groups excluding carboxylic acids is 1. The zero-order chi connectivity index (χ0) is 58.8. The maximum Gasteiger partial charge on any atom is 0.220 e. The Hall–Kier alpha value is -1.27. The topological polar surface area (TPSA) is 228 Å². The summed E-state index contributed by atoms with van der Waals surface area (Å²) in [6.07, 6.45) is 46.5. The van der Waals surface area contributed by atoms with Gasteiger partial charge in [0.1, 0.15) is 48.8 Å². The molecule has 0 radical (unpaired) electrons. The van der Waals surface area contributed by atoms with Crippen LogP contribution in [-0.4, -0.2) is 140 Å². The summed E-state index contributed by atoms with van der Waals surface area (Å²) in [6.45, 7) is 2.91. The maximum absolute atomic E-state index is 13.3. The first-order valence-corrected chi connectivity index (χ1v) is 34.4. The molecule has 0 spiro atoms. The number of aliphatic hydroxyl groups excluding tert-OH is 8. The summed E-state index contributed by atoms with van der Waals surface area (Å²) < 4.78 is 22.9. The molecular weight excluding hydrogens is 1030 g/mol. The third kappa shape index (κ3) is 37.8. The Bertz CT molecular complexity index is 1410. The van der Waals surface area contributed by atoms with E-state index in [9.17, 15) is 45.6 Å². The molecule has 12 unspecified atom stereocenters. The van der Waals surface area contributed by atoms with Gasteiger partial charge in [0.05, 0.1) is 32.0 Å². The Morgan fingerprint density at radius 2 is 0.778 bits per heavy atom. The van der Waals surface area contributed by atoms with E-state index in [1.54, 1.807) is 0 Å². The molecule has 0 aliphatic carbocycles. The highest BCUT2D eigenvalue weighted by Crippen LogP contribution is 2.30. The largest absolute Gasteiger partial charge is 0.394 e. The first-order valence-electron chi connectivity index (χ1n) is 34.4. The van der Waals surface area contributed by atoms with Crippen LogP contribution in [-0.2, 0) is 23.7 Å². The van der Waals surface area contributed by atoms with Crippen LogP contribution >= 0.6 is 0 Å². The molecule has 9 N–H and O–H groups in total. The first kappa shape index (κ1) is 75.8. The zero-order valence-electron chi connectivity index (χ0n) is 52.1. The van der Waals surface area contributed by atoms with E-state index in [1.807, 2.05) is 0 Å². The molecule has 0 bridgehead atoms. The summed E-state index contributed by atoms with van der Waals surface area (Å²) in [5.74, 6) is -0.200. The number of allylic oxidation sites excluding steroid dienone is 2. The van der Waals surface area contributed by atoms with Crippen molar-refractivity contribution in [1.29, 1.82) is 0 Å². The molecule has 1 amide bonds. The smallest absolute Gasteiger partial charge is 0.220 e. The number of ether oxygens (including phenoxy) is 4. The molecule has 0 saturated carbocycles. The first-order chi connectivity index (χ1) is 39.6. The number of aliphatic hydroxyl groups is 8. The lowest BCUT2D eigenvalue weighted by Gasteiger charge is -2.46. The highest BCUT2D eigenvalue weighted by atomic mass is 16.7. The molecular formula is C67H129NO13. The molecule has 12 atom stereocenters. The fraction of sp³-hybridized carbons (Fsp3) is 0.955. The van der Waals surface area contributed by atoms with Crippen LogP contribution < -0.4 is 5.32 Å². The van der Waals surface area contributed by atoms with Crippen LogP contribution in [0, 0.1) is 0 Å². The quantitative estimate of drug-likeness (QED) is 0.0204. The van der Waals surface area contributed by atoms with Crippen molar-refractivity contribution in [2.24, 2.45) is 0 Å². The lowest BCUT2D eigenvalue weighted by Crippen LogP contribution is -2.65. The Kier molecular flexibility index (Phi) is 49.6. The van der Waals surface area contributed by atoms with Gasteiger partial charge in [-0.1, -0.05) is 283 Å². The highest BCUT2D eigenvalue weighted by molar-refractivity contribution is 5.76. The maximum atomic E-state index is 13.3. The van der Waals surface area contributed by atoms with Crippen LogP contribution in [0.5, 0.6) is 0 Å². The number of amides is 1. The predicted molar refractivity (Wildman–Crippen MR) is 328 cm³/mol. The monoisotopic (exact) mass is 1160 g/mol. The Balaban J connectivity index is 1.67. The molecule has 2 rings (SSSR count). The van der Waals surface area contributed by atoms with E-state index in [-0.39, 0.29) is 12.5 Å². The number of hydrogen-bond donors (Lipinski definition) is 9. The summed E-state index contributed by atoms with van der Waals surface area (Å²) in [5, 5.41) is 87.5.